The zero-order valence-corrected chi connectivity index (χ0v) is 9.25. The van der Waals surface area contributed by atoms with Crippen molar-refractivity contribution < 1.29 is 0 Å². The molecule has 3 heteroatoms. The third-order valence-corrected chi connectivity index (χ3v) is 1.31. The zero-order valence-electron chi connectivity index (χ0n) is 4.77. The number of halogens is 2. The Morgan fingerprint density at radius 2 is 1.00 bits per heavy atom. The fraction of sp³-hybridized carbons (Fsp3) is 0. The van der Waals surface area contributed by atoms with Crippen LogP contribution in [-0.4, -0.2) is 18.0 Å². The van der Waals surface area contributed by atoms with Crippen molar-refractivity contribution in [2.75, 3.05) is 0 Å². The van der Waals surface area contributed by atoms with Crippen LogP contribution < -0.4 is 0 Å². The summed E-state index contributed by atoms with van der Waals surface area (Å²) >= 11 is 11.1. The molecule has 0 aliphatic heterocycles. The van der Waals surface area contributed by atoms with Gasteiger partial charge in [0.25, 0.3) is 0 Å². The van der Waals surface area contributed by atoms with Crippen LogP contribution in [0.2, 0.25) is 10.0 Å². The fourth-order valence-electron chi connectivity index (χ4n) is 0.430. The van der Waals surface area contributed by atoms with E-state index in [9.17, 15) is 0 Å². The van der Waals surface area contributed by atoms with Gasteiger partial charge in [-0.15, -0.1) is 0 Å². The Bertz CT molecular complexity index is 150. The number of benzene rings is 1. The van der Waals surface area contributed by atoms with Crippen molar-refractivity contribution in [1.29, 1.82) is 0 Å². The molecule has 1 unspecified atom stereocenters. The third-order valence-electron chi connectivity index (χ3n) is 0.804. The van der Waals surface area contributed by atoms with Gasteiger partial charge in [-0.2, -0.15) is 0 Å². The first kappa shape index (κ1) is 9.36. The van der Waals surface area contributed by atoms with E-state index in [0.29, 0.717) is 0 Å². The maximum absolute atomic E-state index is 5.55. The zero-order chi connectivity index (χ0) is 5.98. The number of hydrogen-bond acceptors (Lipinski definition) is 0. The molecular formula is C6H7AsCl2. The van der Waals surface area contributed by atoms with Crippen molar-refractivity contribution >= 4 is 41.2 Å². The molecule has 50 valence electrons. The number of hydrogen-bond donors (Lipinski definition) is 0. The molecule has 0 aliphatic carbocycles. The Balaban J connectivity index is 0.000000640. The molecule has 0 amide bonds. The number of rotatable bonds is 0. The van der Waals surface area contributed by atoms with Gasteiger partial charge in [0.15, 0.2) is 0 Å². The summed E-state index contributed by atoms with van der Waals surface area (Å²) in [6, 6.07) is 7.02. The molecule has 1 atom stereocenters. The summed E-state index contributed by atoms with van der Waals surface area (Å²) in [6.45, 7) is 0. The van der Waals surface area contributed by atoms with E-state index in [1.807, 2.05) is 0 Å². The predicted molar refractivity (Wildman–Crippen MR) is 46.4 cm³/mol. The molecule has 0 radical (unpaired) electrons. The average molecular weight is 225 g/mol. The van der Waals surface area contributed by atoms with E-state index < -0.39 is 0 Å². The summed E-state index contributed by atoms with van der Waals surface area (Å²) < 4.78 is 0. The van der Waals surface area contributed by atoms with Crippen LogP contribution in [0.4, 0.5) is 0 Å². The van der Waals surface area contributed by atoms with Gasteiger partial charge in [0.05, 0.1) is 0 Å². The summed E-state index contributed by atoms with van der Waals surface area (Å²) in [5, 5.41) is 1.43. The summed E-state index contributed by atoms with van der Waals surface area (Å²) in [5.74, 6) is 0. The molecule has 1 aromatic carbocycles. The van der Waals surface area contributed by atoms with Gasteiger partial charge in [0.1, 0.15) is 0 Å². The Hall–Kier alpha value is 0.358. The van der Waals surface area contributed by atoms with Crippen molar-refractivity contribution in [3.63, 3.8) is 0 Å². The second-order valence-electron chi connectivity index (χ2n) is 1.44. The van der Waals surface area contributed by atoms with Crippen LogP contribution in [0.1, 0.15) is 0 Å². The van der Waals surface area contributed by atoms with Crippen LogP contribution in [0.25, 0.3) is 0 Å². The predicted octanol–water partition coefficient (Wildman–Crippen LogP) is 1.81. The quantitative estimate of drug-likeness (QED) is 0.590. The van der Waals surface area contributed by atoms with Crippen molar-refractivity contribution in [1.82, 2.24) is 0 Å². The van der Waals surface area contributed by atoms with Gasteiger partial charge >= 0.3 is 18.0 Å². The SMILES string of the molecule is Clc1ccc(Cl)cc1.[AsH3]. The van der Waals surface area contributed by atoms with E-state index in [4.69, 9.17) is 23.2 Å². The van der Waals surface area contributed by atoms with Crippen molar-refractivity contribution in [2.45, 2.75) is 0 Å². The van der Waals surface area contributed by atoms with Crippen molar-refractivity contribution in [3.8, 4) is 0 Å². The van der Waals surface area contributed by atoms with E-state index in [-0.39, 0.29) is 18.0 Å². The Morgan fingerprint density at radius 3 is 1.22 bits per heavy atom. The molecule has 0 saturated carbocycles. The van der Waals surface area contributed by atoms with Crippen LogP contribution in [0, 0.1) is 0 Å². The molecular weight excluding hydrogens is 218 g/mol. The molecule has 1 aromatic rings. The second kappa shape index (κ2) is 4.22. The van der Waals surface area contributed by atoms with Gasteiger partial charge in [-0.05, 0) is 24.3 Å². The summed E-state index contributed by atoms with van der Waals surface area (Å²) in [7, 11) is 0. The minimum absolute atomic E-state index is 0. The molecule has 0 heterocycles. The van der Waals surface area contributed by atoms with E-state index in [2.05, 4.69) is 0 Å². The van der Waals surface area contributed by atoms with Crippen LogP contribution in [0.15, 0.2) is 24.3 Å². The maximum atomic E-state index is 5.55. The van der Waals surface area contributed by atoms with E-state index in [0.717, 1.165) is 10.0 Å². The van der Waals surface area contributed by atoms with E-state index >= 15 is 0 Å². The molecule has 0 spiro atoms. The third kappa shape index (κ3) is 3.15. The van der Waals surface area contributed by atoms with Crippen LogP contribution in [-0.2, 0) is 0 Å². The van der Waals surface area contributed by atoms with Gasteiger partial charge < -0.3 is 0 Å². The Morgan fingerprint density at radius 1 is 0.778 bits per heavy atom. The van der Waals surface area contributed by atoms with Gasteiger partial charge in [-0.3, -0.25) is 0 Å². The molecule has 0 N–H and O–H groups in total. The summed E-state index contributed by atoms with van der Waals surface area (Å²) in [6.07, 6.45) is 0. The minimum atomic E-state index is 0. The van der Waals surface area contributed by atoms with Gasteiger partial charge in [-0.25, -0.2) is 0 Å². The normalized spacial score (nSPS) is 8.22. The summed E-state index contributed by atoms with van der Waals surface area (Å²) in [5.41, 5.74) is 0. The first-order chi connectivity index (χ1) is 3.79. The Labute approximate surface area is 75.5 Å². The van der Waals surface area contributed by atoms with Crippen LogP contribution in [0.3, 0.4) is 0 Å². The van der Waals surface area contributed by atoms with Gasteiger partial charge in [-0.1, -0.05) is 23.2 Å². The monoisotopic (exact) mass is 224 g/mol. The molecule has 0 nitrogen and oxygen atoms in total. The first-order valence-electron chi connectivity index (χ1n) is 2.20. The molecule has 9 heavy (non-hydrogen) atoms. The van der Waals surface area contributed by atoms with Gasteiger partial charge in [0.2, 0.25) is 0 Å². The first-order valence-corrected chi connectivity index (χ1v) is 2.96. The molecule has 0 saturated heterocycles. The van der Waals surface area contributed by atoms with E-state index in [1.54, 1.807) is 24.3 Å². The van der Waals surface area contributed by atoms with E-state index in [1.165, 1.54) is 0 Å². The average Bonchev–Trinajstić information content (AvgIpc) is 1.77. The van der Waals surface area contributed by atoms with Crippen molar-refractivity contribution in [2.24, 2.45) is 0 Å². The molecule has 0 fully saturated rings. The molecule has 0 aliphatic rings. The molecule has 0 bridgehead atoms. The Kier molecular flexibility index (Phi) is 4.39. The fourth-order valence-corrected chi connectivity index (χ4v) is 0.682. The second-order valence-corrected chi connectivity index (χ2v) is 2.31. The molecule has 1 rings (SSSR count). The van der Waals surface area contributed by atoms with Gasteiger partial charge in [0, 0.05) is 10.0 Å². The van der Waals surface area contributed by atoms with Crippen LogP contribution in [0.5, 0.6) is 0 Å². The topological polar surface area (TPSA) is 0 Å². The summed E-state index contributed by atoms with van der Waals surface area (Å²) in [4.78, 5) is 0. The van der Waals surface area contributed by atoms with Crippen molar-refractivity contribution in [3.05, 3.63) is 34.3 Å². The standard InChI is InChI=1S/C6H4Cl2.AsH3/c7-5-1-2-6(8)4-3-5;/h1-4H;1H3. The van der Waals surface area contributed by atoms with Crippen LogP contribution >= 0.6 is 23.2 Å². The molecule has 0 aromatic heterocycles.